The van der Waals surface area contributed by atoms with Crippen molar-refractivity contribution in [2.24, 2.45) is 7.05 Å². The van der Waals surface area contributed by atoms with Crippen molar-refractivity contribution in [3.63, 3.8) is 0 Å². The van der Waals surface area contributed by atoms with Gasteiger partial charge in [0.1, 0.15) is 5.75 Å². The highest BCUT2D eigenvalue weighted by Gasteiger charge is 2.22. The van der Waals surface area contributed by atoms with Crippen molar-refractivity contribution in [2.45, 2.75) is 25.3 Å². The van der Waals surface area contributed by atoms with Crippen LogP contribution >= 0.6 is 0 Å². The molecule has 1 aromatic carbocycles. The number of hydrogen-bond acceptors (Lipinski definition) is 4. The fraction of sp³-hybridized carbons (Fsp3) is 0.308. The highest BCUT2D eigenvalue weighted by molar-refractivity contribution is 7.92. The molecular weight excluding hydrogens is 278 g/mol. The number of sulfonamides is 1. The molecule has 1 aromatic heterocycles. The minimum absolute atomic E-state index is 0.0822. The van der Waals surface area contributed by atoms with Gasteiger partial charge in [-0.3, -0.25) is 9.40 Å². The van der Waals surface area contributed by atoms with Crippen LogP contribution in [0.3, 0.4) is 0 Å². The van der Waals surface area contributed by atoms with E-state index in [1.807, 2.05) is 6.92 Å². The van der Waals surface area contributed by atoms with Crippen LogP contribution in [0, 0.1) is 6.92 Å². The first kappa shape index (κ1) is 14.4. The van der Waals surface area contributed by atoms with Crippen molar-refractivity contribution in [2.75, 3.05) is 4.72 Å². The molecule has 1 heterocycles. The molecule has 0 saturated heterocycles. The lowest BCUT2D eigenvalue weighted by atomic mass is 10.1. The summed E-state index contributed by atoms with van der Waals surface area (Å²) >= 11 is 0. The van der Waals surface area contributed by atoms with Gasteiger partial charge in [0.2, 0.25) is 0 Å². The van der Waals surface area contributed by atoms with Gasteiger partial charge in [0.05, 0.1) is 11.9 Å². The van der Waals surface area contributed by atoms with Gasteiger partial charge < -0.3 is 5.11 Å². The number of nitrogens with one attached hydrogen (secondary N) is 1. The van der Waals surface area contributed by atoms with E-state index in [0.717, 1.165) is 12.0 Å². The fourth-order valence-corrected chi connectivity index (χ4v) is 3.42. The second kappa shape index (κ2) is 5.16. The van der Waals surface area contributed by atoms with Gasteiger partial charge >= 0.3 is 0 Å². The quantitative estimate of drug-likeness (QED) is 0.842. The number of nitrogens with zero attached hydrogens (tertiary/aromatic N) is 2. The Kier molecular flexibility index (Phi) is 3.71. The Bertz CT molecular complexity index is 716. The number of phenolic OH excluding ortho intramolecular Hbond substituents is 1. The molecule has 0 aliphatic heterocycles. The number of anilines is 1. The Morgan fingerprint density at radius 1 is 1.40 bits per heavy atom. The molecule has 6 nitrogen and oxygen atoms in total. The molecule has 0 fully saturated rings. The highest BCUT2D eigenvalue weighted by Crippen LogP contribution is 2.27. The Balaban J connectivity index is 2.43. The zero-order valence-corrected chi connectivity index (χ0v) is 12.4. The van der Waals surface area contributed by atoms with Crippen LogP contribution in [0.1, 0.15) is 18.1 Å². The maximum absolute atomic E-state index is 12.4. The Hall–Kier alpha value is -2.02. The molecule has 7 heteroatoms. The van der Waals surface area contributed by atoms with E-state index >= 15 is 0 Å². The number of hydrogen-bond donors (Lipinski definition) is 2. The summed E-state index contributed by atoms with van der Waals surface area (Å²) in [7, 11) is -2.23. The van der Waals surface area contributed by atoms with Gasteiger partial charge in [-0.1, -0.05) is 13.0 Å². The number of aromatic hydroxyl groups is 1. The first-order chi connectivity index (χ1) is 9.35. The molecule has 0 radical (unpaired) electrons. The van der Waals surface area contributed by atoms with Crippen LogP contribution < -0.4 is 4.72 Å². The van der Waals surface area contributed by atoms with Gasteiger partial charge in [-0.05, 0) is 31.0 Å². The number of aromatic nitrogens is 2. The van der Waals surface area contributed by atoms with E-state index in [2.05, 4.69) is 9.82 Å². The molecular formula is C13H17N3O3S. The second-order valence-corrected chi connectivity index (χ2v) is 6.16. The Labute approximate surface area is 118 Å². The van der Waals surface area contributed by atoms with Crippen LogP contribution in [0.5, 0.6) is 5.75 Å². The summed E-state index contributed by atoms with van der Waals surface area (Å²) < 4.78 is 28.4. The fourth-order valence-electron chi connectivity index (χ4n) is 2.00. The molecule has 2 aromatic rings. The number of phenols is 1. The molecule has 0 bridgehead atoms. The van der Waals surface area contributed by atoms with E-state index in [0.29, 0.717) is 5.56 Å². The van der Waals surface area contributed by atoms with Gasteiger partial charge in [0.25, 0.3) is 10.0 Å². The molecule has 0 atom stereocenters. The van der Waals surface area contributed by atoms with Crippen LogP contribution in [0.15, 0.2) is 29.4 Å². The van der Waals surface area contributed by atoms with Gasteiger partial charge in [-0.25, -0.2) is 0 Å². The van der Waals surface area contributed by atoms with E-state index in [4.69, 9.17) is 0 Å². The standard InChI is InChI=1S/C13H17N3O3S/c1-4-10-5-6-12(17)11(7-10)15-20(18,19)13-9(2)8-14-16(13)3/h5-8,15,17H,4H2,1-3H3. The van der Waals surface area contributed by atoms with E-state index in [-0.39, 0.29) is 16.5 Å². The van der Waals surface area contributed by atoms with E-state index in [1.165, 1.54) is 16.9 Å². The largest absolute Gasteiger partial charge is 0.506 e. The lowest BCUT2D eigenvalue weighted by molar-refractivity contribution is 0.477. The Morgan fingerprint density at radius 3 is 2.65 bits per heavy atom. The predicted molar refractivity (Wildman–Crippen MR) is 76.2 cm³/mol. The van der Waals surface area contributed by atoms with Crippen LogP contribution in [-0.2, 0) is 23.5 Å². The molecule has 2 N–H and O–H groups in total. The maximum atomic E-state index is 12.4. The second-order valence-electron chi connectivity index (χ2n) is 4.57. The minimum atomic E-state index is -3.79. The monoisotopic (exact) mass is 295 g/mol. The van der Waals surface area contributed by atoms with Crippen molar-refractivity contribution in [3.05, 3.63) is 35.5 Å². The average Bonchev–Trinajstić information content (AvgIpc) is 2.72. The summed E-state index contributed by atoms with van der Waals surface area (Å²) in [5.74, 6) is -0.106. The van der Waals surface area contributed by atoms with Crippen molar-refractivity contribution < 1.29 is 13.5 Å². The zero-order valence-electron chi connectivity index (χ0n) is 11.6. The lowest BCUT2D eigenvalue weighted by Crippen LogP contribution is -2.17. The van der Waals surface area contributed by atoms with Crippen LogP contribution in [0.25, 0.3) is 0 Å². The molecule has 20 heavy (non-hydrogen) atoms. The molecule has 0 unspecified atom stereocenters. The van der Waals surface area contributed by atoms with Crippen LogP contribution in [0.2, 0.25) is 0 Å². The summed E-state index contributed by atoms with van der Waals surface area (Å²) in [4.78, 5) is 0. The van der Waals surface area contributed by atoms with Crippen molar-refractivity contribution >= 4 is 15.7 Å². The lowest BCUT2D eigenvalue weighted by Gasteiger charge is -2.11. The molecule has 2 rings (SSSR count). The van der Waals surface area contributed by atoms with Gasteiger partial charge in [0, 0.05) is 12.6 Å². The van der Waals surface area contributed by atoms with Crippen LogP contribution in [-0.4, -0.2) is 23.3 Å². The SMILES string of the molecule is CCc1ccc(O)c(NS(=O)(=O)c2c(C)cnn2C)c1. The first-order valence-corrected chi connectivity index (χ1v) is 7.66. The summed E-state index contributed by atoms with van der Waals surface area (Å²) in [5.41, 5.74) is 1.65. The average molecular weight is 295 g/mol. The smallest absolute Gasteiger partial charge is 0.279 e. The number of benzene rings is 1. The summed E-state index contributed by atoms with van der Waals surface area (Å²) in [6.45, 7) is 3.62. The van der Waals surface area contributed by atoms with Gasteiger partial charge in [-0.2, -0.15) is 13.5 Å². The van der Waals surface area contributed by atoms with E-state index in [1.54, 1.807) is 26.1 Å². The molecule has 0 aliphatic rings. The topological polar surface area (TPSA) is 84.2 Å². The molecule has 0 saturated carbocycles. The normalized spacial score (nSPS) is 11.6. The molecule has 0 amide bonds. The van der Waals surface area contributed by atoms with Crippen molar-refractivity contribution in [1.29, 1.82) is 0 Å². The third kappa shape index (κ3) is 2.62. The Morgan fingerprint density at radius 2 is 2.10 bits per heavy atom. The van der Waals surface area contributed by atoms with Gasteiger partial charge in [0.15, 0.2) is 5.03 Å². The van der Waals surface area contributed by atoms with E-state index in [9.17, 15) is 13.5 Å². The molecule has 108 valence electrons. The minimum Gasteiger partial charge on any atom is -0.506 e. The third-order valence-electron chi connectivity index (χ3n) is 3.02. The van der Waals surface area contributed by atoms with Crippen molar-refractivity contribution in [1.82, 2.24) is 9.78 Å². The first-order valence-electron chi connectivity index (χ1n) is 6.18. The predicted octanol–water partition coefficient (Wildman–Crippen LogP) is 1.80. The third-order valence-corrected chi connectivity index (χ3v) is 4.61. The number of rotatable bonds is 4. The summed E-state index contributed by atoms with van der Waals surface area (Å²) in [6, 6.07) is 4.85. The molecule has 0 aliphatic carbocycles. The van der Waals surface area contributed by atoms with Crippen LogP contribution in [0.4, 0.5) is 5.69 Å². The molecule has 0 spiro atoms. The maximum Gasteiger partial charge on any atom is 0.279 e. The van der Waals surface area contributed by atoms with E-state index < -0.39 is 10.0 Å². The summed E-state index contributed by atoms with van der Waals surface area (Å²) in [5, 5.41) is 13.8. The van der Waals surface area contributed by atoms with Crippen molar-refractivity contribution in [3.8, 4) is 5.75 Å². The number of aryl methyl sites for hydroxylation is 3. The summed E-state index contributed by atoms with van der Waals surface area (Å²) in [6.07, 6.45) is 2.23. The zero-order chi connectivity index (χ0) is 14.9. The van der Waals surface area contributed by atoms with Gasteiger partial charge in [-0.15, -0.1) is 0 Å². The highest BCUT2D eigenvalue weighted by atomic mass is 32.2.